The second-order valence-electron chi connectivity index (χ2n) is 6.49. The van der Waals surface area contributed by atoms with E-state index in [1.165, 1.54) is 0 Å². The van der Waals surface area contributed by atoms with Gasteiger partial charge < -0.3 is 15.1 Å². The summed E-state index contributed by atoms with van der Waals surface area (Å²) < 4.78 is 0. The first-order valence-corrected chi connectivity index (χ1v) is 8.39. The molecule has 1 aromatic rings. The number of hydrogen-bond donors (Lipinski definition) is 1. The highest BCUT2D eigenvalue weighted by Crippen LogP contribution is 2.40. The molecule has 5 nitrogen and oxygen atoms in total. The summed E-state index contributed by atoms with van der Waals surface area (Å²) in [6, 6.07) is 5.48. The maximum Gasteiger partial charge on any atom is 0.244 e. The zero-order valence-corrected chi connectivity index (χ0v) is 14.3. The van der Waals surface area contributed by atoms with Gasteiger partial charge in [0.1, 0.15) is 0 Å². The average molecular weight is 336 g/mol. The fourth-order valence-electron chi connectivity index (χ4n) is 3.38. The lowest BCUT2D eigenvalue weighted by Gasteiger charge is -2.22. The molecule has 1 fully saturated rings. The Morgan fingerprint density at radius 1 is 1.39 bits per heavy atom. The van der Waals surface area contributed by atoms with E-state index in [1.54, 1.807) is 25.1 Å². The molecule has 23 heavy (non-hydrogen) atoms. The Bertz CT molecular complexity index is 626. The normalized spacial score (nSPS) is 23.0. The van der Waals surface area contributed by atoms with Crippen molar-refractivity contribution < 1.29 is 9.59 Å². The molecule has 0 radical (unpaired) electrons. The molecule has 0 spiro atoms. The third-order valence-electron chi connectivity index (χ3n) is 4.67. The van der Waals surface area contributed by atoms with Gasteiger partial charge in [-0.3, -0.25) is 9.59 Å². The molecule has 2 atom stereocenters. The summed E-state index contributed by atoms with van der Waals surface area (Å²) in [7, 11) is 3.50. The van der Waals surface area contributed by atoms with Crippen molar-refractivity contribution in [3.63, 3.8) is 0 Å². The molecule has 2 heterocycles. The van der Waals surface area contributed by atoms with E-state index in [1.807, 2.05) is 17.0 Å². The van der Waals surface area contributed by atoms with Crippen LogP contribution < -0.4 is 10.2 Å². The second kappa shape index (κ2) is 6.49. The Labute approximate surface area is 141 Å². The average Bonchev–Trinajstić information content (AvgIpc) is 3.15. The maximum atomic E-state index is 12.8. The molecule has 2 amide bonds. The molecule has 3 rings (SSSR count). The summed E-state index contributed by atoms with van der Waals surface area (Å²) >= 11 is 6.13. The predicted molar refractivity (Wildman–Crippen MR) is 90.9 cm³/mol. The number of nitrogens with one attached hydrogen (secondary N) is 1. The molecule has 124 valence electrons. The van der Waals surface area contributed by atoms with Gasteiger partial charge in [-0.05, 0) is 43.1 Å². The third kappa shape index (κ3) is 3.21. The molecule has 2 aliphatic rings. The summed E-state index contributed by atoms with van der Waals surface area (Å²) in [5.41, 5.74) is 1.89. The largest absolute Gasteiger partial charge is 0.349 e. The fourth-order valence-corrected chi connectivity index (χ4v) is 3.56. The topological polar surface area (TPSA) is 52.7 Å². The molecule has 0 bridgehead atoms. The number of anilines is 1. The van der Waals surface area contributed by atoms with Crippen LogP contribution >= 0.6 is 11.6 Å². The number of nitrogens with zero attached hydrogens (tertiary/aromatic N) is 2. The van der Waals surface area contributed by atoms with E-state index in [0.717, 1.165) is 30.6 Å². The Kier molecular flexibility index (Phi) is 4.60. The van der Waals surface area contributed by atoms with Gasteiger partial charge in [-0.15, -0.1) is 0 Å². The van der Waals surface area contributed by atoms with Crippen LogP contribution in [0.5, 0.6) is 0 Å². The molecule has 6 heteroatoms. The van der Waals surface area contributed by atoms with Crippen LogP contribution in [0.25, 0.3) is 0 Å². The van der Waals surface area contributed by atoms with Crippen LogP contribution in [0.3, 0.4) is 0 Å². The number of carbonyl (C=O) groups excluding carboxylic acids is 2. The molecule has 2 unspecified atom stereocenters. The van der Waals surface area contributed by atoms with Crippen LogP contribution in [-0.2, 0) is 9.59 Å². The van der Waals surface area contributed by atoms with E-state index in [4.69, 9.17) is 11.6 Å². The molecule has 2 aliphatic heterocycles. The van der Waals surface area contributed by atoms with Crippen LogP contribution in [0, 0.1) is 0 Å². The van der Waals surface area contributed by atoms with Gasteiger partial charge in [0.05, 0.1) is 6.04 Å². The second-order valence-corrected chi connectivity index (χ2v) is 6.93. The van der Waals surface area contributed by atoms with Crippen molar-refractivity contribution in [3.8, 4) is 0 Å². The van der Waals surface area contributed by atoms with Crippen molar-refractivity contribution in [2.24, 2.45) is 0 Å². The minimum Gasteiger partial charge on any atom is -0.349 e. The summed E-state index contributed by atoms with van der Waals surface area (Å²) in [5, 5.41) is 3.90. The van der Waals surface area contributed by atoms with E-state index >= 15 is 0 Å². The summed E-state index contributed by atoms with van der Waals surface area (Å²) in [6.07, 6.45) is 2.29. The monoisotopic (exact) mass is 335 g/mol. The van der Waals surface area contributed by atoms with Crippen molar-refractivity contribution in [2.75, 3.05) is 32.1 Å². The molecule has 1 saturated heterocycles. The molecular formula is C17H22ClN3O2. The Morgan fingerprint density at radius 2 is 2.17 bits per heavy atom. The molecule has 0 saturated carbocycles. The fraction of sp³-hybridized carbons (Fsp3) is 0.529. The van der Waals surface area contributed by atoms with Crippen molar-refractivity contribution >= 4 is 29.1 Å². The van der Waals surface area contributed by atoms with Gasteiger partial charge in [0.15, 0.2) is 0 Å². The minimum absolute atomic E-state index is 0.00366. The predicted octanol–water partition coefficient (Wildman–Crippen LogP) is 2.00. The Hall–Kier alpha value is -1.59. The van der Waals surface area contributed by atoms with Gasteiger partial charge in [-0.25, -0.2) is 0 Å². The van der Waals surface area contributed by atoms with Gasteiger partial charge in [0.25, 0.3) is 0 Å². The highest BCUT2D eigenvalue weighted by molar-refractivity contribution is 6.30. The number of benzene rings is 1. The summed E-state index contributed by atoms with van der Waals surface area (Å²) in [6.45, 7) is 1.44. The van der Waals surface area contributed by atoms with Gasteiger partial charge in [0, 0.05) is 43.7 Å². The van der Waals surface area contributed by atoms with E-state index in [-0.39, 0.29) is 23.8 Å². The Balaban J connectivity index is 1.86. The Morgan fingerprint density at radius 3 is 2.83 bits per heavy atom. The first-order chi connectivity index (χ1) is 11.0. The quantitative estimate of drug-likeness (QED) is 0.919. The van der Waals surface area contributed by atoms with Crippen LogP contribution in [0.4, 0.5) is 5.69 Å². The van der Waals surface area contributed by atoms with Crippen molar-refractivity contribution in [3.05, 3.63) is 28.8 Å². The van der Waals surface area contributed by atoms with Crippen LogP contribution in [-0.4, -0.2) is 49.9 Å². The minimum atomic E-state index is -0.109. The van der Waals surface area contributed by atoms with Crippen molar-refractivity contribution in [1.29, 1.82) is 0 Å². The summed E-state index contributed by atoms with van der Waals surface area (Å²) in [4.78, 5) is 28.3. The highest BCUT2D eigenvalue weighted by atomic mass is 35.5. The van der Waals surface area contributed by atoms with Gasteiger partial charge in [-0.1, -0.05) is 11.6 Å². The van der Waals surface area contributed by atoms with Crippen LogP contribution in [0.2, 0.25) is 5.02 Å². The molecule has 1 aromatic carbocycles. The van der Waals surface area contributed by atoms with Gasteiger partial charge in [-0.2, -0.15) is 0 Å². The maximum absolute atomic E-state index is 12.8. The smallest absolute Gasteiger partial charge is 0.244 e. The molecule has 0 aromatic heterocycles. The van der Waals surface area contributed by atoms with E-state index in [9.17, 15) is 9.59 Å². The first kappa shape index (κ1) is 16.3. The third-order valence-corrected chi connectivity index (χ3v) is 4.90. The number of amides is 2. The van der Waals surface area contributed by atoms with Gasteiger partial charge >= 0.3 is 0 Å². The number of rotatable bonds is 3. The van der Waals surface area contributed by atoms with E-state index in [2.05, 4.69) is 5.32 Å². The number of fused-ring (bicyclic) bond motifs is 1. The number of carbonyl (C=O) groups is 2. The summed E-state index contributed by atoms with van der Waals surface area (Å²) in [5.74, 6) is 0.170. The molecular weight excluding hydrogens is 314 g/mol. The van der Waals surface area contributed by atoms with Crippen LogP contribution in [0.1, 0.15) is 30.7 Å². The SMILES string of the molecule is CN(C)C(=O)CC1CN(C(=O)C2CCCN2)c2ccc(Cl)cc21. The lowest BCUT2D eigenvalue weighted by molar-refractivity contribution is -0.129. The van der Waals surface area contributed by atoms with Gasteiger partial charge in [0.2, 0.25) is 11.8 Å². The molecule has 0 aliphatic carbocycles. The number of halogens is 1. The highest BCUT2D eigenvalue weighted by Gasteiger charge is 2.37. The lowest BCUT2D eigenvalue weighted by atomic mass is 9.97. The molecule has 1 N–H and O–H groups in total. The number of hydrogen-bond acceptors (Lipinski definition) is 3. The van der Waals surface area contributed by atoms with Crippen LogP contribution in [0.15, 0.2) is 18.2 Å². The van der Waals surface area contributed by atoms with E-state index < -0.39 is 0 Å². The van der Waals surface area contributed by atoms with Crippen molar-refractivity contribution in [2.45, 2.75) is 31.2 Å². The standard InChI is InChI=1S/C17H22ClN3O2/c1-20(2)16(22)8-11-10-21(17(23)14-4-3-7-19-14)15-6-5-12(18)9-13(11)15/h5-6,9,11,14,19H,3-4,7-8,10H2,1-2H3. The zero-order valence-electron chi connectivity index (χ0n) is 13.5. The first-order valence-electron chi connectivity index (χ1n) is 8.01. The zero-order chi connectivity index (χ0) is 16.6. The lowest BCUT2D eigenvalue weighted by Crippen LogP contribution is -2.43. The van der Waals surface area contributed by atoms with E-state index in [0.29, 0.717) is 18.0 Å². The van der Waals surface area contributed by atoms with Crippen molar-refractivity contribution in [1.82, 2.24) is 10.2 Å².